The van der Waals surface area contributed by atoms with E-state index in [1.807, 2.05) is 55.2 Å². The maximum absolute atomic E-state index is 13.2. The molecule has 0 aliphatic carbocycles. The maximum atomic E-state index is 13.2. The van der Waals surface area contributed by atoms with Crippen LogP contribution in [-0.4, -0.2) is 41.6 Å². The molecule has 2 fully saturated rings. The van der Waals surface area contributed by atoms with E-state index in [9.17, 15) is 9.59 Å². The summed E-state index contributed by atoms with van der Waals surface area (Å²) in [5.41, 5.74) is 0.364. The van der Waals surface area contributed by atoms with Crippen LogP contribution in [0.4, 0.5) is 0 Å². The predicted octanol–water partition coefficient (Wildman–Crippen LogP) is 3.25. The highest BCUT2D eigenvalue weighted by atomic mass is 79.9. The van der Waals surface area contributed by atoms with Crippen molar-refractivity contribution in [1.82, 2.24) is 4.90 Å². The molecule has 138 valence electrons. The summed E-state index contributed by atoms with van der Waals surface area (Å²) in [5.74, 6) is -1.37. The van der Waals surface area contributed by atoms with Crippen LogP contribution < -0.4 is 0 Å². The van der Waals surface area contributed by atoms with Crippen LogP contribution in [0, 0.1) is 11.8 Å². The van der Waals surface area contributed by atoms with Crippen LogP contribution in [0.5, 0.6) is 0 Å². The number of carbonyl (C=O) groups is 2. The van der Waals surface area contributed by atoms with Gasteiger partial charge in [-0.05, 0) is 31.0 Å². The Morgan fingerprint density at radius 1 is 1.42 bits per heavy atom. The molecule has 2 saturated heterocycles. The van der Waals surface area contributed by atoms with Gasteiger partial charge in [0.05, 0.1) is 31.2 Å². The first-order valence-electron chi connectivity index (χ1n) is 9.06. The molecule has 26 heavy (non-hydrogen) atoms. The molecular formula is C20H22BrNO4. The van der Waals surface area contributed by atoms with Gasteiger partial charge >= 0.3 is 5.97 Å². The number of rotatable bonds is 5. The molecule has 4 rings (SSSR count). The summed E-state index contributed by atoms with van der Waals surface area (Å²) in [5, 5.41) is 0. The highest BCUT2D eigenvalue weighted by Crippen LogP contribution is 2.53. The minimum Gasteiger partial charge on any atom is -0.465 e. The van der Waals surface area contributed by atoms with E-state index in [0.29, 0.717) is 13.2 Å². The fourth-order valence-corrected chi connectivity index (χ4v) is 4.61. The van der Waals surface area contributed by atoms with Crippen LogP contribution in [0.15, 0.2) is 40.9 Å². The number of fused-ring (bicyclic) bond motifs is 1. The molecule has 5 nitrogen and oxygen atoms in total. The highest BCUT2D eigenvalue weighted by molar-refractivity contribution is 9.10. The number of nitrogens with zero attached hydrogens (tertiary/aromatic N) is 1. The second-order valence-corrected chi connectivity index (χ2v) is 8.18. The van der Waals surface area contributed by atoms with Crippen molar-refractivity contribution >= 4 is 27.8 Å². The van der Waals surface area contributed by atoms with Crippen molar-refractivity contribution in [2.45, 2.75) is 38.0 Å². The Hall–Kier alpha value is -1.66. The SMILES string of the molecule is CCCOC(=O)[C@@H]1[C@@H]2C=C[C@]3(CN([C@@H](C)c4ccc(Br)cc4)C(=O)[C@H]13)O2. The molecule has 2 bridgehead atoms. The third-order valence-corrected chi connectivity index (χ3v) is 6.20. The van der Waals surface area contributed by atoms with Gasteiger partial charge in [0, 0.05) is 4.47 Å². The quantitative estimate of drug-likeness (QED) is 0.542. The van der Waals surface area contributed by atoms with Gasteiger partial charge < -0.3 is 14.4 Å². The zero-order valence-electron chi connectivity index (χ0n) is 14.9. The Morgan fingerprint density at radius 2 is 2.15 bits per heavy atom. The van der Waals surface area contributed by atoms with E-state index >= 15 is 0 Å². The molecule has 1 spiro atoms. The van der Waals surface area contributed by atoms with Gasteiger partial charge in [-0.1, -0.05) is 47.1 Å². The van der Waals surface area contributed by atoms with Crippen molar-refractivity contribution in [2.75, 3.05) is 13.2 Å². The monoisotopic (exact) mass is 419 g/mol. The molecule has 6 heteroatoms. The highest BCUT2D eigenvalue weighted by Gasteiger charge is 2.67. The standard InChI is InChI=1S/C20H22BrNO4/c1-3-10-25-19(24)16-15-8-9-20(26-15)11-22(18(23)17(16)20)12(2)13-4-6-14(21)7-5-13/h4-9,12,15-17H,3,10-11H2,1-2H3/t12-,15-,16+,17-,20+/m0/s1. The van der Waals surface area contributed by atoms with Crippen LogP contribution in [0.3, 0.4) is 0 Å². The van der Waals surface area contributed by atoms with Crippen molar-refractivity contribution in [2.24, 2.45) is 11.8 Å². The van der Waals surface area contributed by atoms with Gasteiger partial charge in [-0.15, -0.1) is 0 Å². The largest absolute Gasteiger partial charge is 0.465 e. The molecule has 0 aromatic heterocycles. The molecule has 3 aliphatic heterocycles. The van der Waals surface area contributed by atoms with E-state index in [1.54, 1.807) is 0 Å². The molecular weight excluding hydrogens is 398 g/mol. The molecule has 0 unspecified atom stereocenters. The number of amides is 1. The summed E-state index contributed by atoms with van der Waals surface area (Å²) in [6.45, 7) is 4.81. The first-order valence-corrected chi connectivity index (χ1v) is 9.86. The number of likely N-dealkylation sites (tertiary alicyclic amines) is 1. The average molecular weight is 420 g/mol. The summed E-state index contributed by atoms with van der Waals surface area (Å²) in [4.78, 5) is 27.6. The molecule has 0 N–H and O–H groups in total. The molecule has 1 aromatic carbocycles. The third kappa shape index (κ3) is 2.62. The second kappa shape index (κ2) is 6.50. The minimum absolute atomic E-state index is 0.0225. The Labute approximate surface area is 161 Å². The van der Waals surface area contributed by atoms with Gasteiger partial charge in [0.25, 0.3) is 0 Å². The van der Waals surface area contributed by atoms with Crippen molar-refractivity contribution in [3.8, 4) is 0 Å². The minimum atomic E-state index is -0.693. The lowest BCUT2D eigenvalue weighted by Gasteiger charge is -2.27. The van der Waals surface area contributed by atoms with Crippen LogP contribution in [0.25, 0.3) is 0 Å². The van der Waals surface area contributed by atoms with E-state index in [2.05, 4.69) is 15.9 Å². The van der Waals surface area contributed by atoms with E-state index in [4.69, 9.17) is 9.47 Å². The van der Waals surface area contributed by atoms with E-state index in [1.165, 1.54) is 0 Å². The number of esters is 1. The molecule has 0 radical (unpaired) electrons. The lowest BCUT2D eigenvalue weighted by atomic mass is 9.77. The summed E-state index contributed by atoms with van der Waals surface area (Å²) in [6, 6.07) is 7.87. The van der Waals surface area contributed by atoms with Gasteiger partial charge in [0.1, 0.15) is 11.5 Å². The summed E-state index contributed by atoms with van der Waals surface area (Å²) in [7, 11) is 0. The number of carbonyl (C=O) groups excluding carboxylic acids is 2. The molecule has 1 aromatic rings. The number of hydrogen-bond donors (Lipinski definition) is 0. The van der Waals surface area contributed by atoms with Crippen LogP contribution >= 0.6 is 15.9 Å². The van der Waals surface area contributed by atoms with Crippen LogP contribution in [0.2, 0.25) is 0 Å². The lowest BCUT2D eigenvalue weighted by molar-refractivity contribution is -0.154. The molecule has 3 heterocycles. The molecule has 5 atom stereocenters. The first-order chi connectivity index (χ1) is 12.5. The third-order valence-electron chi connectivity index (χ3n) is 5.67. The van der Waals surface area contributed by atoms with E-state index in [-0.39, 0.29) is 24.0 Å². The van der Waals surface area contributed by atoms with Gasteiger partial charge in [-0.25, -0.2) is 0 Å². The van der Waals surface area contributed by atoms with Gasteiger partial charge in [0.2, 0.25) is 5.91 Å². The van der Waals surface area contributed by atoms with E-state index in [0.717, 1.165) is 16.5 Å². The Bertz CT molecular complexity index is 762. The zero-order valence-corrected chi connectivity index (χ0v) is 16.4. The molecule has 3 aliphatic rings. The fraction of sp³-hybridized carbons (Fsp3) is 0.500. The van der Waals surface area contributed by atoms with Crippen molar-refractivity contribution in [3.63, 3.8) is 0 Å². The van der Waals surface area contributed by atoms with Crippen molar-refractivity contribution in [1.29, 1.82) is 0 Å². The van der Waals surface area contributed by atoms with Gasteiger partial charge in [0.15, 0.2) is 0 Å². The fourth-order valence-electron chi connectivity index (χ4n) is 4.35. The number of ether oxygens (including phenoxy) is 2. The summed E-state index contributed by atoms with van der Waals surface area (Å²) < 4.78 is 12.5. The summed E-state index contributed by atoms with van der Waals surface area (Å²) >= 11 is 3.44. The number of hydrogen-bond acceptors (Lipinski definition) is 4. The normalized spacial score (nSPS) is 32.8. The Balaban J connectivity index is 1.59. The number of benzene rings is 1. The van der Waals surface area contributed by atoms with Crippen molar-refractivity contribution < 1.29 is 19.1 Å². The smallest absolute Gasteiger partial charge is 0.312 e. The average Bonchev–Trinajstić information content (AvgIpc) is 3.28. The maximum Gasteiger partial charge on any atom is 0.312 e. The van der Waals surface area contributed by atoms with Gasteiger partial charge in [-0.2, -0.15) is 0 Å². The van der Waals surface area contributed by atoms with Crippen molar-refractivity contribution in [3.05, 3.63) is 46.5 Å². The second-order valence-electron chi connectivity index (χ2n) is 7.26. The molecule has 1 amide bonds. The van der Waals surface area contributed by atoms with Gasteiger partial charge in [-0.3, -0.25) is 9.59 Å². The Kier molecular flexibility index (Phi) is 4.43. The van der Waals surface area contributed by atoms with Crippen LogP contribution in [0.1, 0.15) is 31.9 Å². The molecule has 0 saturated carbocycles. The first kappa shape index (κ1) is 17.7. The van der Waals surface area contributed by atoms with E-state index < -0.39 is 17.4 Å². The predicted molar refractivity (Wildman–Crippen MR) is 99.2 cm³/mol. The lowest BCUT2D eigenvalue weighted by Crippen LogP contribution is -2.40. The summed E-state index contributed by atoms with van der Waals surface area (Å²) in [6.07, 6.45) is 4.29. The van der Waals surface area contributed by atoms with Crippen LogP contribution in [-0.2, 0) is 19.1 Å². The zero-order chi connectivity index (χ0) is 18.5. The topological polar surface area (TPSA) is 55.8 Å². The number of halogens is 1. The Morgan fingerprint density at radius 3 is 2.85 bits per heavy atom.